The molecule has 0 fully saturated rings. The lowest BCUT2D eigenvalue weighted by Crippen LogP contribution is -2.20. The Bertz CT molecular complexity index is 298. The second-order valence-electron chi connectivity index (χ2n) is 2.24. The predicted octanol–water partition coefficient (Wildman–Crippen LogP) is -0.476. The summed E-state index contributed by atoms with van der Waals surface area (Å²) in [5, 5.41) is 11.9. The van der Waals surface area contributed by atoms with Crippen LogP contribution in [-0.4, -0.2) is 28.8 Å². The SMILES string of the molecule is O=C(CO)N/N=C/c1cccnc1. The van der Waals surface area contributed by atoms with Crippen molar-refractivity contribution in [2.24, 2.45) is 5.10 Å². The Hall–Kier alpha value is -1.75. The van der Waals surface area contributed by atoms with Gasteiger partial charge < -0.3 is 5.11 Å². The fraction of sp³-hybridized carbons (Fsp3) is 0.125. The van der Waals surface area contributed by atoms with E-state index in [0.717, 1.165) is 5.56 Å². The summed E-state index contributed by atoms with van der Waals surface area (Å²) < 4.78 is 0. The van der Waals surface area contributed by atoms with E-state index in [1.54, 1.807) is 24.5 Å². The number of hydrogen-bond acceptors (Lipinski definition) is 4. The van der Waals surface area contributed by atoms with Crippen LogP contribution in [0.15, 0.2) is 29.6 Å². The zero-order valence-electron chi connectivity index (χ0n) is 6.84. The molecule has 0 bridgehead atoms. The van der Waals surface area contributed by atoms with Gasteiger partial charge in [0.1, 0.15) is 6.61 Å². The number of hydrazone groups is 1. The van der Waals surface area contributed by atoms with Crippen LogP contribution in [0.25, 0.3) is 0 Å². The highest BCUT2D eigenvalue weighted by molar-refractivity contribution is 5.82. The third-order valence-electron chi connectivity index (χ3n) is 1.23. The standard InChI is InChI=1S/C8H9N3O2/c12-6-8(13)11-10-5-7-2-1-3-9-4-7/h1-5,12H,6H2,(H,11,13)/b10-5+. The van der Waals surface area contributed by atoms with Crippen molar-refractivity contribution in [3.63, 3.8) is 0 Å². The number of carbonyl (C=O) groups excluding carboxylic acids is 1. The van der Waals surface area contributed by atoms with E-state index in [0.29, 0.717) is 0 Å². The highest BCUT2D eigenvalue weighted by Gasteiger charge is 1.92. The molecule has 0 aliphatic heterocycles. The third kappa shape index (κ3) is 3.44. The Labute approximate surface area is 75.1 Å². The number of amides is 1. The highest BCUT2D eigenvalue weighted by atomic mass is 16.3. The summed E-state index contributed by atoms with van der Waals surface area (Å²) in [4.78, 5) is 14.4. The summed E-state index contributed by atoms with van der Waals surface area (Å²) in [5.41, 5.74) is 2.91. The van der Waals surface area contributed by atoms with E-state index in [-0.39, 0.29) is 0 Å². The van der Waals surface area contributed by atoms with Crippen LogP contribution in [0.5, 0.6) is 0 Å². The summed E-state index contributed by atoms with van der Waals surface area (Å²) in [6.45, 7) is -0.565. The second-order valence-corrected chi connectivity index (χ2v) is 2.24. The molecule has 0 atom stereocenters. The Kier molecular flexibility index (Phi) is 3.59. The normalized spacial score (nSPS) is 10.2. The van der Waals surface area contributed by atoms with E-state index in [1.165, 1.54) is 6.21 Å². The molecule has 0 unspecified atom stereocenters. The maximum atomic E-state index is 10.5. The minimum Gasteiger partial charge on any atom is -0.386 e. The Morgan fingerprint density at radius 3 is 3.23 bits per heavy atom. The lowest BCUT2D eigenvalue weighted by Gasteiger charge is -1.93. The highest BCUT2D eigenvalue weighted by Crippen LogP contribution is 1.89. The van der Waals surface area contributed by atoms with Crippen LogP contribution >= 0.6 is 0 Å². The van der Waals surface area contributed by atoms with Crippen LogP contribution in [0.1, 0.15) is 5.56 Å². The van der Waals surface area contributed by atoms with E-state index in [2.05, 4.69) is 15.5 Å². The van der Waals surface area contributed by atoms with E-state index in [9.17, 15) is 4.79 Å². The van der Waals surface area contributed by atoms with E-state index in [1.807, 2.05) is 0 Å². The quantitative estimate of drug-likeness (QED) is 0.486. The van der Waals surface area contributed by atoms with Crippen molar-refractivity contribution >= 4 is 12.1 Å². The number of aromatic nitrogens is 1. The molecule has 5 nitrogen and oxygen atoms in total. The molecule has 13 heavy (non-hydrogen) atoms. The molecule has 0 aliphatic carbocycles. The first-order chi connectivity index (χ1) is 6.33. The van der Waals surface area contributed by atoms with Gasteiger partial charge in [0.05, 0.1) is 6.21 Å². The van der Waals surface area contributed by atoms with Gasteiger partial charge in [-0.15, -0.1) is 0 Å². The van der Waals surface area contributed by atoms with Crippen molar-refractivity contribution in [1.29, 1.82) is 0 Å². The average molecular weight is 179 g/mol. The molecular formula is C8H9N3O2. The number of aliphatic hydroxyl groups is 1. The molecule has 5 heteroatoms. The Morgan fingerprint density at radius 2 is 2.62 bits per heavy atom. The van der Waals surface area contributed by atoms with Gasteiger partial charge in [0.15, 0.2) is 0 Å². The molecule has 1 aromatic rings. The Balaban J connectivity index is 2.45. The van der Waals surface area contributed by atoms with E-state index >= 15 is 0 Å². The third-order valence-corrected chi connectivity index (χ3v) is 1.23. The van der Waals surface area contributed by atoms with Crippen molar-refractivity contribution in [3.05, 3.63) is 30.1 Å². The number of hydrogen-bond donors (Lipinski definition) is 2. The van der Waals surface area contributed by atoms with Gasteiger partial charge in [0.2, 0.25) is 0 Å². The number of nitrogens with one attached hydrogen (secondary N) is 1. The number of pyridine rings is 1. The maximum Gasteiger partial charge on any atom is 0.265 e. The average Bonchev–Trinajstić information content (AvgIpc) is 2.19. The zero-order chi connectivity index (χ0) is 9.52. The monoisotopic (exact) mass is 179 g/mol. The van der Waals surface area contributed by atoms with Gasteiger partial charge in [-0.25, -0.2) is 5.43 Å². The van der Waals surface area contributed by atoms with Gasteiger partial charge in [-0.3, -0.25) is 9.78 Å². The van der Waals surface area contributed by atoms with Crippen molar-refractivity contribution in [2.75, 3.05) is 6.61 Å². The molecule has 0 saturated heterocycles. The fourth-order valence-electron chi connectivity index (χ4n) is 0.666. The molecule has 0 aliphatic rings. The van der Waals surface area contributed by atoms with Crippen molar-refractivity contribution < 1.29 is 9.90 Å². The van der Waals surface area contributed by atoms with Gasteiger partial charge in [-0.05, 0) is 6.07 Å². The number of rotatable bonds is 3. The van der Waals surface area contributed by atoms with Crippen LogP contribution in [0.4, 0.5) is 0 Å². The molecule has 2 N–H and O–H groups in total. The molecule has 1 heterocycles. The van der Waals surface area contributed by atoms with Gasteiger partial charge in [-0.2, -0.15) is 5.10 Å². The summed E-state index contributed by atoms with van der Waals surface area (Å²) in [5.74, 6) is -0.542. The minimum atomic E-state index is -0.565. The first kappa shape index (κ1) is 9.34. The van der Waals surface area contributed by atoms with Gasteiger partial charge in [-0.1, -0.05) is 6.07 Å². The first-order valence-electron chi connectivity index (χ1n) is 3.65. The molecule has 0 spiro atoms. The molecular weight excluding hydrogens is 170 g/mol. The minimum absolute atomic E-state index is 0.542. The van der Waals surface area contributed by atoms with Crippen LogP contribution in [-0.2, 0) is 4.79 Å². The molecule has 0 radical (unpaired) electrons. The Morgan fingerprint density at radius 1 is 1.77 bits per heavy atom. The summed E-state index contributed by atoms with van der Waals surface area (Å²) >= 11 is 0. The molecule has 68 valence electrons. The lowest BCUT2D eigenvalue weighted by molar-refractivity contribution is -0.123. The molecule has 1 amide bonds. The lowest BCUT2D eigenvalue weighted by atomic mass is 10.3. The zero-order valence-corrected chi connectivity index (χ0v) is 6.84. The van der Waals surface area contributed by atoms with Crippen molar-refractivity contribution in [2.45, 2.75) is 0 Å². The van der Waals surface area contributed by atoms with Crippen molar-refractivity contribution in [1.82, 2.24) is 10.4 Å². The van der Waals surface area contributed by atoms with Gasteiger partial charge >= 0.3 is 0 Å². The smallest absolute Gasteiger partial charge is 0.265 e. The fourth-order valence-corrected chi connectivity index (χ4v) is 0.666. The van der Waals surface area contributed by atoms with Crippen LogP contribution < -0.4 is 5.43 Å². The van der Waals surface area contributed by atoms with Crippen LogP contribution in [0.2, 0.25) is 0 Å². The van der Waals surface area contributed by atoms with E-state index < -0.39 is 12.5 Å². The van der Waals surface area contributed by atoms with Gasteiger partial charge in [0, 0.05) is 18.0 Å². The molecule has 0 saturated carbocycles. The predicted molar refractivity (Wildman–Crippen MR) is 47.1 cm³/mol. The summed E-state index contributed by atoms with van der Waals surface area (Å²) in [7, 11) is 0. The van der Waals surface area contributed by atoms with E-state index in [4.69, 9.17) is 5.11 Å². The maximum absolute atomic E-state index is 10.5. The topological polar surface area (TPSA) is 74.6 Å². The molecule has 1 aromatic heterocycles. The number of aliphatic hydroxyl groups excluding tert-OH is 1. The summed E-state index contributed by atoms with van der Waals surface area (Å²) in [6.07, 6.45) is 4.69. The van der Waals surface area contributed by atoms with Gasteiger partial charge in [0.25, 0.3) is 5.91 Å². The number of carbonyl (C=O) groups is 1. The summed E-state index contributed by atoms with van der Waals surface area (Å²) in [6, 6.07) is 3.55. The second kappa shape index (κ2) is 5.00. The van der Waals surface area contributed by atoms with Crippen molar-refractivity contribution in [3.8, 4) is 0 Å². The molecule has 0 aromatic carbocycles. The molecule has 1 rings (SSSR count). The number of nitrogens with zero attached hydrogens (tertiary/aromatic N) is 2. The first-order valence-corrected chi connectivity index (χ1v) is 3.65. The van der Waals surface area contributed by atoms with Crippen LogP contribution in [0, 0.1) is 0 Å². The van der Waals surface area contributed by atoms with Crippen LogP contribution in [0.3, 0.4) is 0 Å². The largest absolute Gasteiger partial charge is 0.386 e.